The summed E-state index contributed by atoms with van der Waals surface area (Å²) in [6.07, 6.45) is -0.865. The number of halogens is 4. The van der Waals surface area contributed by atoms with Crippen LogP contribution in [0.15, 0.2) is 30.3 Å². The number of rotatable bonds is 8. The monoisotopic (exact) mass is 354 g/mol. The lowest BCUT2D eigenvalue weighted by atomic mass is 9.98. The van der Waals surface area contributed by atoms with Crippen molar-refractivity contribution in [2.45, 2.75) is 46.0 Å². The predicted molar refractivity (Wildman–Crippen MR) is 90.3 cm³/mol. The molecule has 0 aliphatic carbocycles. The van der Waals surface area contributed by atoms with Crippen LogP contribution in [0, 0.1) is 11.6 Å². The maximum absolute atomic E-state index is 14.2. The van der Waals surface area contributed by atoms with Crippen molar-refractivity contribution in [3.8, 4) is 5.75 Å². The molecule has 25 heavy (non-hydrogen) atoms. The summed E-state index contributed by atoms with van der Waals surface area (Å²) in [5.41, 5.74) is 0.932. The first-order valence-electron chi connectivity index (χ1n) is 8.47. The summed E-state index contributed by atoms with van der Waals surface area (Å²) in [5.74, 6) is -1.47. The van der Waals surface area contributed by atoms with Crippen LogP contribution in [0.1, 0.15) is 48.9 Å². The minimum atomic E-state index is -2.93. The van der Waals surface area contributed by atoms with Gasteiger partial charge in [-0.05, 0) is 55.0 Å². The Balaban J connectivity index is 2.20. The number of aryl methyl sites for hydroxylation is 3. The molecule has 136 valence electrons. The second-order valence-electron chi connectivity index (χ2n) is 5.86. The molecule has 0 aliphatic heterocycles. The van der Waals surface area contributed by atoms with Crippen molar-refractivity contribution < 1.29 is 22.3 Å². The number of benzene rings is 2. The fourth-order valence-electron chi connectivity index (χ4n) is 2.83. The van der Waals surface area contributed by atoms with Gasteiger partial charge < -0.3 is 4.74 Å². The van der Waals surface area contributed by atoms with Gasteiger partial charge in [-0.3, -0.25) is 0 Å². The molecule has 0 unspecified atom stereocenters. The molecule has 2 aromatic rings. The molecule has 0 atom stereocenters. The normalized spacial score (nSPS) is 11.2. The molecule has 0 aromatic heterocycles. The second-order valence-corrected chi connectivity index (χ2v) is 5.86. The molecule has 0 N–H and O–H groups in total. The van der Waals surface area contributed by atoms with Gasteiger partial charge in [0.25, 0.3) is 6.43 Å². The van der Waals surface area contributed by atoms with E-state index >= 15 is 0 Å². The molecule has 0 spiro atoms. The van der Waals surface area contributed by atoms with E-state index in [9.17, 15) is 17.6 Å². The third kappa shape index (κ3) is 4.74. The maximum Gasteiger partial charge on any atom is 0.267 e. The Morgan fingerprint density at radius 2 is 1.64 bits per heavy atom. The Kier molecular flexibility index (Phi) is 6.85. The smallest absolute Gasteiger partial charge is 0.267 e. The summed E-state index contributed by atoms with van der Waals surface area (Å²) < 4.78 is 59.8. The van der Waals surface area contributed by atoms with Crippen molar-refractivity contribution >= 4 is 0 Å². The van der Waals surface area contributed by atoms with Gasteiger partial charge in [-0.1, -0.05) is 31.5 Å². The summed E-state index contributed by atoms with van der Waals surface area (Å²) in [7, 11) is 0. The van der Waals surface area contributed by atoms with E-state index in [-0.39, 0.29) is 30.2 Å². The van der Waals surface area contributed by atoms with E-state index in [0.29, 0.717) is 24.0 Å². The highest BCUT2D eigenvalue weighted by molar-refractivity contribution is 5.39. The standard InChI is InChI=1S/C20H22F4O/c1-3-5-14-8-6-13(12-16(14)21)7-9-15-10-11-17(25-4-2)19(22)18(15)20(23)24/h6,8,10-12,20H,3-5,7,9H2,1-2H3. The minimum Gasteiger partial charge on any atom is -0.491 e. The van der Waals surface area contributed by atoms with Crippen LogP contribution in [0.5, 0.6) is 5.75 Å². The third-order valence-corrected chi connectivity index (χ3v) is 4.07. The Bertz CT molecular complexity index is 713. The van der Waals surface area contributed by atoms with Crippen LogP contribution in [-0.2, 0) is 19.3 Å². The van der Waals surface area contributed by atoms with Gasteiger partial charge in [0.2, 0.25) is 0 Å². The molecule has 2 aromatic carbocycles. The van der Waals surface area contributed by atoms with E-state index in [4.69, 9.17) is 4.74 Å². The van der Waals surface area contributed by atoms with Crippen molar-refractivity contribution in [2.75, 3.05) is 6.61 Å². The summed E-state index contributed by atoms with van der Waals surface area (Å²) >= 11 is 0. The Hall–Kier alpha value is -2.04. The summed E-state index contributed by atoms with van der Waals surface area (Å²) in [6.45, 7) is 3.83. The van der Waals surface area contributed by atoms with Crippen LogP contribution in [-0.4, -0.2) is 6.61 Å². The highest BCUT2D eigenvalue weighted by Crippen LogP contribution is 2.32. The van der Waals surface area contributed by atoms with E-state index in [1.54, 1.807) is 19.1 Å². The maximum atomic E-state index is 14.2. The van der Waals surface area contributed by atoms with Crippen LogP contribution >= 0.6 is 0 Å². The molecule has 5 heteroatoms. The molecule has 2 rings (SSSR count). The number of ether oxygens (including phenoxy) is 1. The van der Waals surface area contributed by atoms with E-state index in [1.165, 1.54) is 18.2 Å². The number of hydrogen-bond acceptors (Lipinski definition) is 1. The molecular formula is C20H22F4O. The number of hydrogen-bond donors (Lipinski definition) is 0. The van der Waals surface area contributed by atoms with Crippen LogP contribution < -0.4 is 4.74 Å². The van der Waals surface area contributed by atoms with Gasteiger partial charge in [0.15, 0.2) is 11.6 Å². The zero-order valence-electron chi connectivity index (χ0n) is 14.4. The molecule has 0 amide bonds. The molecule has 0 aliphatic rings. The van der Waals surface area contributed by atoms with Crippen LogP contribution in [0.4, 0.5) is 17.6 Å². The Labute approximate surface area is 145 Å². The van der Waals surface area contributed by atoms with E-state index < -0.39 is 17.8 Å². The average Bonchev–Trinajstić information content (AvgIpc) is 2.57. The van der Waals surface area contributed by atoms with Gasteiger partial charge in [0, 0.05) is 0 Å². The molecule has 0 saturated carbocycles. The first-order chi connectivity index (χ1) is 12.0. The first kappa shape index (κ1) is 19.3. The van der Waals surface area contributed by atoms with Gasteiger partial charge in [-0.15, -0.1) is 0 Å². The van der Waals surface area contributed by atoms with Crippen molar-refractivity contribution in [3.63, 3.8) is 0 Å². The van der Waals surface area contributed by atoms with Crippen LogP contribution in [0.2, 0.25) is 0 Å². The molecule has 0 heterocycles. The highest BCUT2D eigenvalue weighted by atomic mass is 19.3. The van der Waals surface area contributed by atoms with Crippen molar-refractivity contribution in [1.29, 1.82) is 0 Å². The van der Waals surface area contributed by atoms with E-state index in [0.717, 1.165) is 6.42 Å². The van der Waals surface area contributed by atoms with Gasteiger partial charge in [0.1, 0.15) is 5.82 Å². The zero-order valence-corrected chi connectivity index (χ0v) is 14.4. The van der Waals surface area contributed by atoms with Crippen molar-refractivity contribution in [2.24, 2.45) is 0 Å². The lowest BCUT2D eigenvalue weighted by Gasteiger charge is -2.14. The van der Waals surface area contributed by atoms with Crippen LogP contribution in [0.25, 0.3) is 0 Å². The topological polar surface area (TPSA) is 9.23 Å². The van der Waals surface area contributed by atoms with Crippen molar-refractivity contribution in [1.82, 2.24) is 0 Å². The quantitative estimate of drug-likeness (QED) is 0.525. The van der Waals surface area contributed by atoms with Crippen molar-refractivity contribution in [3.05, 3.63) is 64.2 Å². The SMILES string of the molecule is CCCc1ccc(CCc2ccc(OCC)c(F)c2C(F)F)cc1F. The fourth-order valence-corrected chi connectivity index (χ4v) is 2.83. The van der Waals surface area contributed by atoms with Gasteiger partial charge in [-0.25, -0.2) is 17.6 Å². The lowest BCUT2D eigenvalue weighted by molar-refractivity contribution is 0.143. The van der Waals surface area contributed by atoms with Gasteiger partial charge in [0.05, 0.1) is 12.2 Å². The summed E-state index contributed by atoms with van der Waals surface area (Å²) in [5, 5.41) is 0. The molecular weight excluding hydrogens is 332 g/mol. The van der Waals surface area contributed by atoms with E-state index in [1.807, 2.05) is 6.92 Å². The first-order valence-corrected chi connectivity index (χ1v) is 8.47. The molecule has 0 radical (unpaired) electrons. The Morgan fingerprint density at radius 3 is 2.24 bits per heavy atom. The summed E-state index contributed by atoms with van der Waals surface area (Å²) in [6, 6.07) is 7.77. The minimum absolute atomic E-state index is 0.170. The number of alkyl halides is 2. The van der Waals surface area contributed by atoms with Gasteiger partial charge >= 0.3 is 0 Å². The van der Waals surface area contributed by atoms with Gasteiger partial charge in [-0.2, -0.15) is 0 Å². The van der Waals surface area contributed by atoms with Crippen LogP contribution in [0.3, 0.4) is 0 Å². The molecule has 0 saturated heterocycles. The largest absolute Gasteiger partial charge is 0.491 e. The molecule has 0 fully saturated rings. The Morgan fingerprint density at radius 1 is 0.920 bits per heavy atom. The second kappa shape index (κ2) is 8.88. The molecule has 0 bridgehead atoms. The predicted octanol–water partition coefficient (Wildman–Crippen LogP) is 6.04. The average molecular weight is 354 g/mol. The fraction of sp³-hybridized carbons (Fsp3) is 0.400. The summed E-state index contributed by atoms with van der Waals surface area (Å²) in [4.78, 5) is 0. The molecule has 1 nitrogen and oxygen atoms in total. The lowest BCUT2D eigenvalue weighted by Crippen LogP contribution is -2.05. The third-order valence-electron chi connectivity index (χ3n) is 4.07. The highest BCUT2D eigenvalue weighted by Gasteiger charge is 2.22. The van der Waals surface area contributed by atoms with E-state index in [2.05, 4.69) is 0 Å². The zero-order chi connectivity index (χ0) is 18.4.